The number of aliphatic imine (C=N–C) groups is 1. The Hall–Kier alpha value is -2.16. The van der Waals surface area contributed by atoms with Crippen molar-refractivity contribution >= 4 is 11.5 Å². The Bertz CT molecular complexity index is 547. The number of rotatable bonds is 2. The molecule has 0 radical (unpaired) electrons. The number of benzene rings is 2. The Morgan fingerprint density at radius 1 is 1.12 bits per heavy atom. The van der Waals surface area contributed by atoms with Gasteiger partial charge in [-0.2, -0.15) is 0 Å². The van der Waals surface area contributed by atoms with Gasteiger partial charge in [0.25, 0.3) is 0 Å². The van der Waals surface area contributed by atoms with Gasteiger partial charge < -0.3 is 5.73 Å². The van der Waals surface area contributed by atoms with Crippen LogP contribution >= 0.6 is 0 Å². The molecule has 0 amide bonds. The van der Waals surface area contributed by atoms with Gasteiger partial charge in [0.15, 0.2) is 0 Å². The highest BCUT2D eigenvalue weighted by Gasteiger charge is 2.03. The van der Waals surface area contributed by atoms with Gasteiger partial charge in [-0.05, 0) is 24.6 Å². The molecule has 0 aliphatic rings. The molecule has 2 aromatic rings. The first kappa shape index (κ1) is 11.3. The molecule has 0 spiro atoms. The first-order valence-corrected chi connectivity index (χ1v) is 5.32. The van der Waals surface area contributed by atoms with E-state index in [1.807, 2.05) is 37.3 Å². The van der Waals surface area contributed by atoms with E-state index >= 15 is 0 Å². The van der Waals surface area contributed by atoms with E-state index in [2.05, 4.69) is 4.99 Å². The Labute approximate surface area is 99.6 Å². The van der Waals surface area contributed by atoms with Crippen molar-refractivity contribution in [1.82, 2.24) is 0 Å². The maximum absolute atomic E-state index is 13.5. The molecule has 0 atom stereocenters. The van der Waals surface area contributed by atoms with Crippen molar-refractivity contribution in [2.24, 2.45) is 10.7 Å². The summed E-state index contributed by atoms with van der Waals surface area (Å²) >= 11 is 0. The van der Waals surface area contributed by atoms with Crippen molar-refractivity contribution in [1.29, 1.82) is 0 Å². The van der Waals surface area contributed by atoms with Crippen molar-refractivity contribution in [2.75, 3.05) is 0 Å². The Morgan fingerprint density at radius 3 is 2.53 bits per heavy atom. The van der Waals surface area contributed by atoms with Gasteiger partial charge in [0, 0.05) is 5.56 Å². The summed E-state index contributed by atoms with van der Waals surface area (Å²) in [5.74, 6) is -0.0513. The van der Waals surface area contributed by atoms with Crippen molar-refractivity contribution in [3.63, 3.8) is 0 Å². The summed E-state index contributed by atoms with van der Waals surface area (Å²) in [6, 6.07) is 14.1. The van der Waals surface area contributed by atoms with E-state index in [1.165, 1.54) is 6.07 Å². The molecule has 0 unspecified atom stereocenters. The second-order valence-corrected chi connectivity index (χ2v) is 3.82. The fourth-order valence-electron chi connectivity index (χ4n) is 1.51. The third kappa shape index (κ3) is 2.69. The summed E-state index contributed by atoms with van der Waals surface area (Å²) in [7, 11) is 0. The van der Waals surface area contributed by atoms with E-state index in [4.69, 9.17) is 5.73 Å². The summed E-state index contributed by atoms with van der Waals surface area (Å²) in [5, 5.41) is 0. The second kappa shape index (κ2) is 4.78. The average Bonchev–Trinajstić information content (AvgIpc) is 2.35. The average molecular weight is 228 g/mol. The normalized spacial score (nSPS) is 11.5. The maximum Gasteiger partial charge on any atom is 0.148 e. The molecule has 0 aromatic heterocycles. The van der Waals surface area contributed by atoms with Crippen LogP contribution in [0, 0.1) is 12.7 Å². The van der Waals surface area contributed by atoms with Crippen LogP contribution in [0.15, 0.2) is 53.5 Å². The molecule has 0 bridgehead atoms. The Morgan fingerprint density at radius 2 is 1.82 bits per heavy atom. The van der Waals surface area contributed by atoms with Crippen LogP contribution in [0.2, 0.25) is 0 Å². The molecule has 2 N–H and O–H groups in total. The molecule has 0 heterocycles. The van der Waals surface area contributed by atoms with Gasteiger partial charge in [-0.3, -0.25) is 0 Å². The van der Waals surface area contributed by atoms with E-state index in [0.29, 0.717) is 5.84 Å². The number of hydrogen-bond acceptors (Lipinski definition) is 1. The molecule has 2 nitrogen and oxygen atoms in total. The van der Waals surface area contributed by atoms with E-state index in [0.717, 1.165) is 11.1 Å². The monoisotopic (exact) mass is 228 g/mol. The van der Waals surface area contributed by atoms with Crippen LogP contribution in [0.25, 0.3) is 0 Å². The van der Waals surface area contributed by atoms with E-state index in [1.54, 1.807) is 12.1 Å². The molecule has 0 saturated heterocycles. The van der Waals surface area contributed by atoms with Gasteiger partial charge in [0.2, 0.25) is 0 Å². The van der Waals surface area contributed by atoms with Crippen LogP contribution in [0.1, 0.15) is 11.1 Å². The fraction of sp³-hybridized carbons (Fsp3) is 0.0714. The van der Waals surface area contributed by atoms with Crippen molar-refractivity contribution in [3.8, 4) is 0 Å². The number of halogens is 1. The highest BCUT2D eigenvalue weighted by Crippen LogP contribution is 2.19. The summed E-state index contributed by atoms with van der Waals surface area (Å²) < 4.78 is 13.5. The molecule has 0 fully saturated rings. The van der Waals surface area contributed by atoms with E-state index < -0.39 is 0 Å². The molecule has 2 aromatic carbocycles. The fourth-order valence-corrected chi connectivity index (χ4v) is 1.51. The van der Waals surface area contributed by atoms with Crippen LogP contribution in [0.5, 0.6) is 0 Å². The van der Waals surface area contributed by atoms with Crippen LogP contribution in [0.4, 0.5) is 10.1 Å². The van der Waals surface area contributed by atoms with Crippen LogP contribution in [-0.2, 0) is 0 Å². The van der Waals surface area contributed by atoms with Crippen LogP contribution < -0.4 is 5.73 Å². The lowest BCUT2D eigenvalue weighted by molar-refractivity contribution is 0.629. The third-order valence-electron chi connectivity index (χ3n) is 2.41. The largest absolute Gasteiger partial charge is 0.383 e. The van der Waals surface area contributed by atoms with Gasteiger partial charge in [0.05, 0.1) is 0 Å². The highest BCUT2D eigenvalue weighted by atomic mass is 19.1. The molecule has 2 rings (SSSR count). The van der Waals surface area contributed by atoms with Gasteiger partial charge in [-0.25, -0.2) is 9.38 Å². The summed E-state index contributed by atoms with van der Waals surface area (Å²) in [5.41, 5.74) is 7.83. The predicted octanol–water partition coefficient (Wildman–Crippen LogP) is 3.17. The number of amidine groups is 1. The first-order chi connectivity index (χ1) is 8.16. The number of hydrogen-bond donors (Lipinski definition) is 1. The van der Waals surface area contributed by atoms with Crippen molar-refractivity contribution in [2.45, 2.75) is 6.92 Å². The molecular weight excluding hydrogens is 215 g/mol. The predicted molar refractivity (Wildman–Crippen MR) is 68.0 cm³/mol. The number of nitrogens with two attached hydrogens (primary N) is 1. The molecule has 3 heteroatoms. The quantitative estimate of drug-likeness (QED) is 0.622. The zero-order chi connectivity index (χ0) is 12.3. The smallest absolute Gasteiger partial charge is 0.148 e. The van der Waals surface area contributed by atoms with Gasteiger partial charge in [0.1, 0.15) is 17.3 Å². The SMILES string of the molecule is Cc1ccc(F)c(N=C(N)c2ccccc2)c1. The first-order valence-electron chi connectivity index (χ1n) is 5.32. The lowest BCUT2D eigenvalue weighted by Gasteiger charge is -2.02. The Balaban J connectivity index is 2.39. The Kier molecular flexibility index (Phi) is 3.19. The zero-order valence-electron chi connectivity index (χ0n) is 9.52. The lowest BCUT2D eigenvalue weighted by atomic mass is 10.2. The van der Waals surface area contributed by atoms with Crippen LogP contribution in [-0.4, -0.2) is 5.84 Å². The minimum Gasteiger partial charge on any atom is -0.383 e. The molecule has 0 aliphatic heterocycles. The summed E-state index contributed by atoms with van der Waals surface area (Å²) in [6.07, 6.45) is 0. The highest BCUT2D eigenvalue weighted by molar-refractivity contribution is 5.99. The second-order valence-electron chi connectivity index (χ2n) is 3.82. The topological polar surface area (TPSA) is 38.4 Å². The summed E-state index contributed by atoms with van der Waals surface area (Å²) in [4.78, 5) is 4.11. The van der Waals surface area contributed by atoms with Crippen molar-refractivity contribution in [3.05, 3.63) is 65.5 Å². The molecule has 0 aliphatic carbocycles. The maximum atomic E-state index is 13.5. The lowest BCUT2D eigenvalue weighted by Crippen LogP contribution is -2.12. The standard InChI is InChI=1S/C14H13FN2/c1-10-7-8-12(15)13(9-10)17-14(16)11-5-3-2-4-6-11/h2-9H,1H3,(H2,16,17). The molecule has 17 heavy (non-hydrogen) atoms. The molecule has 86 valence electrons. The summed E-state index contributed by atoms with van der Waals surface area (Å²) in [6.45, 7) is 1.89. The minimum atomic E-state index is -0.366. The van der Waals surface area contributed by atoms with Gasteiger partial charge in [-0.15, -0.1) is 0 Å². The number of aryl methyl sites for hydroxylation is 1. The molecular formula is C14H13FN2. The minimum absolute atomic E-state index is 0.270. The third-order valence-corrected chi connectivity index (χ3v) is 2.41. The van der Waals surface area contributed by atoms with E-state index in [-0.39, 0.29) is 11.5 Å². The number of nitrogens with zero attached hydrogens (tertiary/aromatic N) is 1. The van der Waals surface area contributed by atoms with Crippen molar-refractivity contribution < 1.29 is 4.39 Å². The molecule has 0 saturated carbocycles. The van der Waals surface area contributed by atoms with E-state index in [9.17, 15) is 4.39 Å². The van der Waals surface area contributed by atoms with Crippen LogP contribution in [0.3, 0.4) is 0 Å². The van der Waals surface area contributed by atoms with Gasteiger partial charge in [-0.1, -0.05) is 36.4 Å². The van der Waals surface area contributed by atoms with Gasteiger partial charge >= 0.3 is 0 Å². The zero-order valence-corrected chi connectivity index (χ0v) is 9.52.